The number of aromatic nitrogens is 3. The molecule has 7 heteroatoms. The van der Waals surface area contributed by atoms with Crippen LogP contribution in [0.3, 0.4) is 0 Å². The summed E-state index contributed by atoms with van der Waals surface area (Å²) >= 11 is 6.02. The second kappa shape index (κ2) is 8.32. The molecule has 0 bridgehead atoms. The molecule has 0 fully saturated rings. The third kappa shape index (κ3) is 3.76. The van der Waals surface area contributed by atoms with Crippen molar-refractivity contribution < 1.29 is 9.53 Å². The monoisotopic (exact) mass is 442 g/mol. The third-order valence-electron chi connectivity index (χ3n) is 5.26. The van der Waals surface area contributed by atoms with Gasteiger partial charge < -0.3 is 15.0 Å². The van der Waals surface area contributed by atoms with Gasteiger partial charge in [0.25, 0.3) is 0 Å². The van der Waals surface area contributed by atoms with Crippen LogP contribution < -0.4 is 5.73 Å². The summed E-state index contributed by atoms with van der Waals surface area (Å²) in [5.41, 5.74) is 10.9. The molecule has 0 amide bonds. The van der Waals surface area contributed by atoms with Gasteiger partial charge in [-0.25, -0.2) is 14.8 Å². The van der Waals surface area contributed by atoms with Gasteiger partial charge in [0.15, 0.2) is 5.65 Å². The zero-order chi connectivity index (χ0) is 22.1. The number of fused-ring (bicyclic) bond motifs is 2. The van der Waals surface area contributed by atoms with E-state index in [4.69, 9.17) is 32.0 Å². The molecule has 3 aromatic carbocycles. The van der Waals surface area contributed by atoms with Gasteiger partial charge in [0.1, 0.15) is 23.5 Å². The van der Waals surface area contributed by atoms with E-state index in [-0.39, 0.29) is 18.0 Å². The molecule has 2 aromatic heterocycles. The second-order valence-electron chi connectivity index (χ2n) is 7.42. The van der Waals surface area contributed by atoms with Crippen molar-refractivity contribution in [2.24, 2.45) is 0 Å². The summed E-state index contributed by atoms with van der Waals surface area (Å²) in [5, 5.41) is 0.648. The van der Waals surface area contributed by atoms with E-state index < -0.39 is 5.97 Å². The van der Waals surface area contributed by atoms with Gasteiger partial charge in [-0.15, -0.1) is 0 Å². The molecule has 2 heterocycles. The average Bonchev–Trinajstić information content (AvgIpc) is 3.08. The molecule has 0 saturated carbocycles. The lowest BCUT2D eigenvalue weighted by molar-refractivity contribution is 0.0476. The smallest absolute Gasteiger partial charge is 0.344 e. The van der Waals surface area contributed by atoms with Crippen molar-refractivity contribution in [2.75, 3.05) is 5.73 Å². The number of nitrogens with zero attached hydrogens (tertiary/aromatic N) is 3. The Balaban J connectivity index is 1.60. The standard InChI is InChI=1S/C25H19ClN4O2/c26-18-12-10-16(11-13-18)14-30-23(27)21(25(31)32-15-17-6-2-1-3-7-17)22-24(30)29-20-9-5-4-8-19(20)28-22/h1-13H,14-15,27H2. The minimum absolute atomic E-state index is 0.143. The molecule has 0 aliphatic rings. The Bertz CT molecular complexity index is 1430. The summed E-state index contributed by atoms with van der Waals surface area (Å²) < 4.78 is 7.37. The lowest BCUT2D eigenvalue weighted by atomic mass is 10.2. The van der Waals surface area contributed by atoms with E-state index in [2.05, 4.69) is 0 Å². The quantitative estimate of drug-likeness (QED) is 0.377. The number of hydrogen-bond donors (Lipinski definition) is 1. The fourth-order valence-electron chi connectivity index (χ4n) is 3.65. The van der Waals surface area contributed by atoms with E-state index >= 15 is 0 Å². The number of esters is 1. The molecule has 32 heavy (non-hydrogen) atoms. The predicted octanol–water partition coefficient (Wildman–Crippen LogP) is 5.23. The van der Waals surface area contributed by atoms with Crippen LogP contribution >= 0.6 is 11.6 Å². The van der Waals surface area contributed by atoms with E-state index in [9.17, 15) is 4.79 Å². The lowest BCUT2D eigenvalue weighted by Gasteiger charge is -2.08. The first-order valence-electron chi connectivity index (χ1n) is 10.1. The van der Waals surface area contributed by atoms with Gasteiger partial charge in [-0.05, 0) is 35.4 Å². The number of nitrogen functional groups attached to an aromatic ring is 1. The Morgan fingerprint density at radius 2 is 1.53 bits per heavy atom. The summed E-state index contributed by atoms with van der Waals surface area (Å²) in [6.07, 6.45) is 0. The number of carbonyl (C=O) groups excluding carboxylic acids is 1. The van der Waals surface area contributed by atoms with Crippen molar-refractivity contribution >= 4 is 45.6 Å². The van der Waals surface area contributed by atoms with E-state index in [1.54, 1.807) is 4.57 Å². The van der Waals surface area contributed by atoms with Crippen LogP contribution in [0.25, 0.3) is 22.2 Å². The highest BCUT2D eigenvalue weighted by atomic mass is 35.5. The molecule has 2 N–H and O–H groups in total. The van der Waals surface area contributed by atoms with E-state index in [1.807, 2.05) is 78.9 Å². The van der Waals surface area contributed by atoms with Crippen LogP contribution in [0, 0.1) is 0 Å². The largest absolute Gasteiger partial charge is 0.457 e. The average molecular weight is 443 g/mol. The van der Waals surface area contributed by atoms with Gasteiger partial charge in [0.2, 0.25) is 0 Å². The number of hydrogen-bond acceptors (Lipinski definition) is 5. The maximum absolute atomic E-state index is 13.1. The van der Waals surface area contributed by atoms with Crippen LogP contribution in [0.5, 0.6) is 0 Å². The number of ether oxygens (including phenoxy) is 1. The molecular formula is C25H19ClN4O2. The number of carbonyl (C=O) groups is 1. The van der Waals surface area contributed by atoms with Crippen LogP contribution in [0.4, 0.5) is 5.82 Å². The highest BCUT2D eigenvalue weighted by Crippen LogP contribution is 2.29. The summed E-state index contributed by atoms with van der Waals surface area (Å²) in [5.74, 6) is -0.265. The van der Waals surface area contributed by atoms with E-state index in [0.717, 1.165) is 16.6 Å². The van der Waals surface area contributed by atoms with Gasteiger partial charge >= 0.3 is 5.97 Å². The van der Waals surface area contributed by atoms with E-state index in [0.29, 0.717) is 28.2 Å². The molecule has 0 radical (unpaired) electrons. The first-order chi connectivity index (χ1) is 15.6. The SMILES string of the molecule is Nc1c(C(=O)OCc2ccccc2)c2nc3ccccc3nc2n1Cc1ccc(Cl)cc1. The molecule has 0 atom stereocenters. The molecule has 158 valence electrons. The van der Waals surface area contributed by atoms with E-state index in [1.165, 1.54) is 0 Å². The molecule has 0 aliphatic carbocycles. The number of benzene rings is 3. The zero-order valence-corrected chi connectivity index (χ0v) is 17.8. The Morgan fingerprint density at radius 3 is 2.25 bits per heavy atom. The first-order valence-corrected chi connectivity index (χ1v) is 10.5. The summed E-state index contributed by atoms with van der Waals surface area (Å²) in [4.78, 5) is 22.6. The number of halogens is 1. The molecule has 0 aliphatic heterocycles. The minimum Gasteiger partial charge on any atom is -0.457 e. The van der Waals surface area contributed by atoms with Crippen LogP contribution in [0.1, 0.15) is 21.5 Å². The van der Waals surface area contributed by atoms with Crippen LogP contribution in [-0.4, -0.2) is 20.5 Å². The number of anilines is 1. The molecule has 5 aromatic rings. The van der Waals surface area contributed by atoms with Crippen molar-refractivity contribution in [3.05, 3.63) is 101 Å². The van der Waals surface area contributed by atoms with Crippen LogP contribution in [0.2, 0.25) is 5.02 Å². The highest BCUT2D eigenvalue weighted by Gasteiger charge is 2.25. The Hall–Kier alpha value is -3.90. The number of rotatable bonds is 5. The summed E-state index contributed by atoms with van der Waals surface area (Å²) in [6, 6.07) is 24.5. The molecule has 0 unspecified atom stereocenters. The predicted molar refractivity (Wildman–Crippen MR) is 126 cm³/mol. The molecular weight excluding hydrogens is 424 g/mol. The Morgan fingerprint density at radius 1 is 0.875 bits per heavy atom. The lowest BCUT2D eigenvalue weighted by Crippen LogP contribution is -2.10. The molecule has 0 spiro atoms. The van der Waals surface area contributed by atoms with Crippen molar-refractivity contribution in [2.45, 2.75) is 13.2 Å². The Labute approximate surface area is 189 Å². The fourth-order valence-corrected chi connectivity index (χ4v) is 3.77. The first kappa shape index (κ1) is 20.0. The summed E-state index contributed by atoms with van der Waals surface area (Å²) in [6.45, 7) is 0.558. The second-order valence-corrected chi connectivity index (χ2v) is 7.86. The van der Waals surface area contributed by atoms with Gasteiger partial charge in [-0.2, -0.15) is 0 Å². The maximum Gasteiger partial charge on any atom is 0.344 e. The van der Waals surface area contributed by atoms with Gasteiger partial charge in [-0.1, -0.05) is 66.2 Å². The minimum atomic E-state index is -0.532. The highest BCUT2D eigenvalue weighted by molar-refractivity contribution is 6.30. The zero-order valence-electron chi connectivity index (χ0n) is 17.0. The molecule has 0 saturated heterocycles. The number of para-hydroxylation sites is 2. The van der Waals surface area contributed by atoms with Crippen molar-refractivity contribution in [1.82, 2.24) is 14.5 Å². The van der Waals surface area contributed by atoms with Gasteiger partial charge in [0, 0.05) is 5.02 Å². The fraction of sp³-hybridized carbons (Fsp3) is 0.0800. The van der Waals surface area contributed by atoms with Crippen LogP contribution in [0.15, 0.2) is 78.9 Å². The Kier molecular flexibility index (Phi) is 5.21. The molecule has 6 nitrogen and oxygen atoms in total. The topological polar surface area (TPSA) is 83.0 Å². The third-order valence-corrected chi connectivity index (χ3v) is 5.51. The van der Waals surface area contributed by atoms with Crippen molar-refractivity contribution in [1.29, 1.82) is 0 Å². The molecule has 5 rings (SSSR count). The summed E-state index contributed by atoms with van der Waals surface area (Å²) in [7, 11) is 0. The van der Waals surface area contributed by atoms with Gasteiger partial charge in [-0.3, -0.25) is 0 Å². The van der Waals surface area contributed by atoms with Crippen molar-refractivity contribution in [3.63, 3.8) is 0 Å². The van der Waals surface area contributed by atoms with Crippen LogP contribution in [-0.2, 0) is 17.9 Å². The van der Waals surface area contributed by atoms with Crippen molar-refractivity contribution in [3.8, 4) is 0 Å². The normalized spacial score (nSPS) is 11.2. The maximum atomic E-state index is 13.1. The van der Waals surface area contributed by atoms with Gasteiger partial charge in [0.05, 0.1) is 17.6 Å². The number of nitrogens with two attached hydrogens (primary N) is 1.